The molecule has 3 aromatic rings. The number of benzene rings is 2. The average molecular weight is 619 g/mol. The van der Waals surface area contributed by atoms with Crippen molar-refractivity contribution >= 4 is 28.9 Å². The standard InChI is InChI=1S/C35H46N4O6/c1-35(2,3)45-34(43)38-23-27(21-24-13-7-5-8-14-24)44-33(42)37-20-19-36-30(31(40)25-15-9-6-10-16-25)28-22-26-17-11-12-18-29(26)39(4)32(28)41/h5,7-8,11-14,17-18,22,25,27,30,36H,6,9-10,15-16,19-21,23H2,1-4H3,(H,37,42)(H,38,43). The monoisotopic (exact) mass is 618 g/mol. The average Bonchev–Trinajstić information content (AvgIpc) is 3.02. The van der Waals surface area contributed by atoms with E-state index in [1.54, 1.807) is 32.4 Å². The van der Waals surface area contributed by atoms with Gasteiger partial charge in [0.2, 0.25) is 0 Å². The lowest BCUT2D eigenvalue weighted by Crippen LogP contribution is -2.43. The normalized spacial score (nSPS) is 15.2. The van der Waals surface area contributed by atoms with Crippen LogP contribution in [0.3, 0.4) is 0 Å². The predicted molar refractivity (Wildman–Crippen MR) is 174 cm³/mol. The highest BCUT2D eigenvalue weighted by Gasteiger charge is 2.31. The molecule has 1 aromatic heterocycles. The third kappa shape index (κ3) is 9.91. The summed E-state index contributed by atoms with van der Waals surface area (Å²) in [6, 6.07) is 18.2. The number of ether oxygens (including phenoxy) is 2. The molecular formula is C35H46N4O6. The number of Topliss-reactive ketones (excluding diaryl/α,β-unsaturated/α-hetero) is 1. The number of carbonyl (C=O) groups excluding carboxylic acids is 3. The number of amides is 2. The van der Waals surface area contributed by atoms with Gasteiger partial charge >= 0.3 is 12.2 Å². The smallest absolute Gasteiger partial charge is 0.407 e. The summed E-state index contributed by atoms with van der Waals surface area (Å²) < 4.78 is 12.6. The van der Waals surface area contributed by atoms with Gasteiger partial charge in [0.1, 0.15) is 11.7 Å². The third-order valence-corrected chi connectivity index (χ3v) is 7.96. The minimum Gasteiger partial charge on any atom is -0.444 e. The summed E-state index contributed by atoms with van der Waals surface area (Å²) in [5.41, 5.74) is 1.28. The van der Waals surface area contributed by atoms with E-state index in [1.165, 1.54) is 0 Å². The van der Waals surface area contributed by atoms with Gasteiger partial charge in [-0.2, -0.15) is 0 Å². The van der Waals surface area contributed by atoms with Crippen LogP contribution in [0.1, 0.15) is 70.0 Å². The molecule has 0 bridgehead atoms. The van der Waals surface area contributed by atoms with Crippen molar-refractivity contribution in [3.05, 3.63) is 82.1 Å². The number of hydrogen-bond acceptors (Lipinski definition) is 7. The maximum Gasteiger partial charge on any atom is 0.407 e. The molecule has 2 atom stereocenters. The van der Waals surface area contributed by atoms with E-state index in [2.05, 4.69) is 16.0 Å². The highest BCUT2D eigenvalue weighted by molar-refractivity contribution is 5.89. The number of ketones is 1. The van der Waals surface area contributed by atoms with E-state index in [9.17, 15) is 19.2 Å². The van der Waals surface area contributed by atoms with Gasteiger partial charge < -0.3 is 30.0 Å². The Labute approximate surface area is 264 Å². The van der Waals surface area contributed by atoms with Gasteiger partial charge in [-0.1, -0.05) is 67.8 Å². The van der Waals surface area contributed by atoms with Crippen molar-refractivity contribution < 1.29 is 23.9 Å². The number of fused-ring (bicyclic) bond motifs is 1. The molecule has 2 amide bonds. The van der Waals surface area contributed by atoms with E-state index in [0.29, 0.717) is 12.0 Å². The maximum absolute atomic E-state index is 13.8. The van der Waals surface area contributed by atoms with E-state index in [0.717, 1.165) is 48.6 Å². The summed E-state index contributed by atoms with van der Waals surface area (Å²) in [5.74, 6) is -0.0950. The first-order chi connectivity index (χ1) is 21.5. The summed E-state index contributed by atoms with van der Waals surface area (Å²) in [7, 11) is 1.72. The van der Waals surface area contributed by atoms with Gasteiger partial charge in [-0.3, -0.25) is 9.59 Å². The van der Waals surface area contributed by atoms with Crippen LogP contribution in [-0.2, 0) is 27.7 Å². The van der Waals surface area contributed by atoms with E-state index >= 15 is 0 Å². The molecule has 45 heavy (non-hydrogen) atoms. The zero-order valence-corrected chi connectivity index (χ0v) is 26.8. The van der Waals surface area contributed by atoms with E-state index in [-0.39, 0.29) is 36.9 Å². The second-order valence-electron chi connectivity index (χ2n) is 12.7. The van der Waals surface area contributed by atoms with Gasteiger partial charge in [-0.25, -0.2) is 9.59 Å². The summed E-state index contributed by atoms with van der Waals surface area (Å²) in [6.07, 6.45) is 3.25. The summed E-state index contributed by atoms with van der Waals surface area (Å²) in [4.78, 5) is 52.3. The molecule has 1 heterocycles. The Bertz CT molecular complexity index is 1510. The van der Waals surface area contributed by atoms with Gasteiger partial charge in [-0.15, -0.1) is 0 Å². The zero-order valence-electron chi connectivity index (χ0n) is 26.8. The molecule has 10 heteroatoms. The molecule has 0 aliphatic heterocycles. The molecule has 242 valence electrons. The number of nitrogens with one attached hydrogen (secondary N) is 3. The number of rotatable bonds is 12. The van der Waals surface area contributed by atoms with Crippen molar-refractivity contribution in [2.75, 3.05) is 19.6 Å². The maximum atomic E-state index is 13.8. The Kier molecular flexibility index (Phi) is 11.8. The van der Waals surface area contributed by atoms with Crippen molar-refractivity contribution in [2.45, 2.75) is 77.0 Å². The van der Waals surface area contributed by atoms with Crippen LogP contribution in [0.4, 0.5) is 9.59 Å². The number of para-hydroxylation sites is 1. The Morgan fingerprint density at radius 2 is 1.60 bits per heavy atom. The molecule has 1 aliphatic rings. The van der Waals surface area contributed by atoms with Gasteiger partial charge in [0.25, 0.3) is 5.56 Å². The number of aryl methyl sites for hydroxylation is 1. The molecule has 10 nitrogen and oxygen atoms in total. The Morgan fingerprint density at radius 1 is 0.911 bits per heavy atom. The Morgan fingerprint density at radius 3 is 2.31 bits per heavy atom. The lowest BCUT2D eigenvalue weighted by Gasteiger charge is -2.26. The number of alkyl carbamates (subject to hydrolysis) is 2. The van der Waals surface area contributed by atoms with Crippen LogP contribution in [-0.4, -0.2) is 53.9 Å². The second-order valence-corrected chi connectivity index (χ2v) is 12.7. The van der Waals surface area contributed by atoms with Crippen LogP contribution in [0, 0.1) is 5.92 Å². The molecule has 0 spiro atoms. The van der Waals surface area contributed by atoms with E-state index < -0.39 is 29.9 Å². The fraction of sp³-hybridized carbons (Fsp3) is 0.486. The van der Waals surface area contributed by atoms with Crippen LogP contribution in [0.15, 0.2) is 65.5 Å². The van der Waals surface area contributed by atoms with Gasteiger partial charge in [0.15, 0.2) is 5.78 Å². The number of pyridine rings is 1. The van der Waals surface area contributed by atoms with Crippen molar-refractivity contribution in [3.63, 3.8) is 0 Å². The minimum absolute atomic E-state index is 0.0146. The number of aromatic nitrogens is 1. The molecule has 3 N–H and O–H groups in total. The first kappa shape index (κ1) is 33.7. The molecule has 2 aromatic carbocycles. The molecule has 1 saturated carbocycles. The van der Waals surface area contributed by atoms with Crippen molar-refractivity contribution in [3.8, 4) is 0 Å². The molecule has 1 fully saturated rings. The van der Waals surface area contributed by atoms with Gasteiger partial charge in [-0.05, 0) is 56.7 Å². The van der Waals surface area contributed by atoms with Crippen LogP contribution < -0.4 is 21.5 Å². The molecule has 1 aliphatic carbocycles. The van der Waals surface area contributed by atoms with Crippen molar-refractivity contribution in [1.82, 2.24) is 20.5 Å². The minimum atomic E-state index is -0.793. The topological polar surface area (TPSA) is 128 Å². The summed E-state index contributed by atoms with van der Waals surface area (Å²) in [5, 5.41) is 9.58. The highest BCUT2D eigenvalue weighted by atomic mass is 16.6. The van der Waals surface area contributed by atoms with E-state index in [1.807, 2.05) is 60.7 Å². The summed E-state index contributed by atoms with van der Waals surface area (Å²) in [6.45, 7) is 5.80. The number of nitrogens with zero attached hydrogens (tertiary/aromatic N) is 1. The lowest BCUT2D eigenvalue weighted by atomic mass is 9.82. The number of hydrogen-bond donors (Lipinski definition) is 3. The first-order valence-electron chi connectivity index (χ1n) is 15.8. The van der Waals surface area contributed by atoms with Gasteiger partial charge in [0.05, 0.1) is 18.1 Å². The molecule has 0 radical (unpaired) electrons. The van der Waals surface area contributed by atoms with Crippen LogP contribution in [0.5, 0.6) is 0 Å². The molecule has 2 unspecified atom stereocenters. The van der Waals surface area contributed by atoms with Crippen molar-refractivity contribution in [2.24, 2.45) is 13.0 Å². The quantitative estimate of drug-likeness (QED) is 0.239. The van der Waals surface area contributed by atoms with Crippen LogP contribution >= 0.6 is 0 Å². The molecule has 0 saturated heterocycles. The second kappa shape index (κ2) is 15.7. The van der Waals surface area contributed by atoms with Crippen LogP contribution in [0.2, 0.25) is 0 Å². The third-order valence-electron chi connectivity index (χ3n) is 7.96. The first-order valence-corrected chi connectivity index (χ1v) is 15.8. The summed E-state index contributed by atoms with van der Waals surface area (Å²) >= 11 is 0. The molecule has 4 rings (SSSR count). The number of carbonyl (C=O) groups is 3. The fourth-order valence-corrected chi connectivity index (χ4v) is 5.76. The van der Waals surface area contributed by atoms with Crippen molar-refractivity contribution in [1.29, 1.82) is 0 Å². The predicted octanol–water partition coefficient (Wildman–Crippen LogP) is 5.18. The SMILES string of the molecule is Cn1c(=O)c(C(NCCNC(=O)OC(CNC(=O)OC(C)(C)C)Cc2ccccc2)C(=O)C2CCCCC2)cc2ccccc21. The Hall–Kier alpha value is -4.18. The molecular weight excluding hydrogens is 572 g/mol. The van der Waals surface area contributed by atoms with Crippen LogP contribution in [0.25, 0.3) is 10.9 Å². The highest BCUT2D eigenvalue weighted by Crippen LogP contribution is 2.29. The fourth-order valence-electron chi connectivity index (χ4n) is 5.76. The largest absolute Gasteiger partial charge is 0.444 e. The van der Waals surface area contributed by atoms with E-state index in [4.69, 9.17) is 9.47 Å². The Balaban J connectivity index is 1.40. The zero-order chi connectivity index (χ0) is 32.4. The lowest BCUT2D eigenvalue weighted by molar-refractivity contribution is -0.126. The van der Waals surface area contributed by atoms with Gasteiger partial charge in [0, 0.05) is 38.0 Å².